The molecule has 1 aromatic carbocycles. The predicted molar refractivity (Wildman–Crippen MR) is 92.4 cm³/mol. The molecule has 1 aromatic heterocycles. The first-order valence-corrected chi connectivity index (χ1v) is 8.92. The standard InChI is InChI=1S/C16H18N6O2S.Na.H/c1-16(2)12(13-18-20-21-19-13)22-14(24)11(15(22)25-16)17-10(23)8-9-6-4-3-5-7-9;;/h3-7,11-12,15H,8H2,1-2H3,(H,17,23)(H,18,19,20,21);;/q;+1;-1/t11?,12?,15-;;/m0../s1. The minimum atomic E-state index is -0.502. The quantitative estimate of drug-likeness (QED) is 0.459. The molecule has 2 fully saturated rings. The summed E-state index contributed by atoms with van der Waals surface area (Å²) in [4.78, 5) is 26.7. The summed E-state index contributed by atoms with van der Waals surface area (Å²) in [5.41, 5.74) is 0.924. The van der Waals surface area contributed by atoms with E-state index in [9.17, 15) is 9.59 Å². The molecule has 2 unspecified atom stereocenters. The maximum atomic E-state index is 12.6. The number of benzene rings is 1. The zero-order chi connectivity index (χ0) is 17.6. The van der Waals surface area contributed by atoms with Crippen LogP contribution in [0.4, 0.5) is 0 Å². The molecule has 3 heterocycles. The van der Waals surface area contributed by atoms with Gasteiger partial charge in [-0.25, -0.2) is 0 Å². The summed E-state index contributed by atoms with van der Waals surface area (Å²) in [6, 6.07) is 8.73. The Morgan fingerprint density at radius 2 is 2.12 bits per heavy atom. The molecular formula is C16H19N6NaO2S. The Bertz CT molecular complexity index is 807. The summed E-state index contributed by atoms with van der Waals surface area (Å²) in [5.74, 6) is 0.257. The van der Waals surface area contributed by atoms with Gasteiger partial charge in [0.2, 0.25) is 11.8 Å². The van der Waals surface area contributed by atoms with Crippen molar-refractivity contribution in [3.63, 3.8) is 0 Å². The minimum absolute atomic E-state index is 0. The second kappa shape index (κ2) is 7.30. The zero-order valence-corrected chi connectivity index (χ0v) is 17.7. The largest absolute Gasteiger partial charge is 1.00 e. The van der Waals surface area contributed by atoms with Crippen molar-refractivity contribution < 1.29 is 40.6 Å². The maximum Gasteiger partial charge on any atom is 1.00 e. The molecule has 132 valence electrons. The third-order valence-electron chi connectivity index (χ3n) is 4.57. The van der Waals surface area contributed by atoms with Crippen LogP contribution in [-0.4, -0.2) is 53.5 Å². The number of amides is 2. The molecule has 2 saturated heterocycles. The average Bonchev–Trinajstić information content (AvgIpc) is 3.18. The average molecular weight is 382 g/mol. The van der Waals surface area contributed by atoms with Gasteiger partial charge in [0.25, 0.3) is 0 Å². The van der Waals surface area contributed by atoms with Crippen molar-refractivity contribution in [1.82, 2.24) is 30.8 Å². The van der Waals surface area contributed by atoms with Crippen LogP contribution in [0.1, 0.15) is 32.7 Å². The molecule has 0 saturated carbocycles. The van der Waals surface area contributed by atoms with E-state index in [-0.39, 0.29) is 65.4 Å². The summed E-state index contributed by atoms with van der Waals surface area (Å²) >= 11 is 1.65. The van der Waals surface area contributed by atoms with Gasteiger partial charge in [-0.15, -0.1) is 22.0 Å². The molecular weight excluding hydrogens is 363 g/mol. The molecule has 4 rings (SSSR count). The maximum absolute atomic E-state index is 12.6. The van der Waals surface area contributed by atoms with Crippen molar-refractivity contribution in [1.29, 1.82) is 0 Å². The molecule has 8 nitrogen and oxygen atoms in total. The van der Waals surface area contributed by atoms with Gasteiger partial charge in [0.05, 0.1) is 6.42 Å². The van der Waals surface area contributed by atoms with Gasteiger partial charge in [0, 0.05) is 4.75 Å². The zero-order valence-electron chi connectivity index (χ0n) is 15.8. The Morgan fingerprint density at radius 1 is 1.38 bits per heavy atom. The number of hydrogen-bond donors (Lipinski definition) is 2. The van der Waals surface area contributed by atoms with Crippen LogP contribution in [0.2, 0.25) is 0 Å². The first kappa shape index (κ1) is 19.3. The second-order valence-electron chi connectivity index (χ2n) is 6.74. The smallest absolute Gasteiger partial charge is 1.00 e. The van der Waals surface area contributed by atoms with Crippen LogP contribution in [0.5, 0.6) is 0 Å². The van der Waals surface area contributed by atoms with Gasteiger partial charge < -0.3 is 11.6 Å². The van der Waals surface area contributed by atoms with E-state index in [0.29, 0.717) is 5.82 Å². The molecule has 2 aliphatic heterocycles. The van der Waals surface area contributed by atoms with Crippen LogP contribution in [0.15, 0.2) is 30.3 Å². The van der Waals surface area contributed by atoms with Crippen molar-refractivity contribution in [3.8, 4) is 0 Å². The van der Waals surface area contributed by atoms with Crippen LogP contribution in [0, 0.1) is 0 Å². The number of thioether (sulfide) groups is 1. The number of nitrogens with zero attached hydrogens (tertiary/aromatic N) is 4. The van der Waals surface area contributed by atoms with Crippen LogP contribution in [-0.2, 0) is 16.0 Å². The Hall–Kier alpha value is -1.42. The number of tetrazole rings is 1. The number of carbonyl (C=O) groups is 2. The number of hydrogen-bond acceptors (Lipinski definition) is 6. The summed E-state index contributed by atoms with van der Waals surface area (Å²) in [7, 11) is 0. The fraction of sp³-hybridized carbons (Fsp3) is 0.438. The molecule has 2 aromatic rings. The summed E-state index contributed by atoms with van der Waals surface area (Å²) in [6.45, 7) is 4.10. The molecule has 26 heavy (non-hydrogen) atoms. The van der Waals surface area contributed by atoms with Crippen molar-refractivity contribution in [2.45, 2.75) is 42.5 Å². The first-order valence-electron chi connectivity index (χ1n) is 8.04. The van der Waals surface area contributed by atoms with Crippen molar-refractivity contribution in [2.75, 3.05) is 0 Å². The number of rotatable bonds is 4. The number of fused-ring (bicyclic) bond motifs is 1. The number of β-lactam (4-membered cyclic amide) rings is 1. The molecule has 2 amide bonds. The van der Waals surface area contributed by atoms with Crippen molar-refractivity contribution >= 4 is 23.6 Å². The third-order valence-corrected chi connectivity index (χ3v) is 6.14. The van der Waals surface area contributed by atoms with E-state index in [0.717, 1.165) is 5.56 Å². The normalized spacial score (nSPS) is 25.8. The topological polar surface area (TPSA) is 104 Å². The Kier molecular flexibility index (Phi) is 5.43. The van der Waals surface area contributed by atoms with Crippen LogP contribution >= 0.6 is 11.8 Å². The minimum Gasteiger partial charge on any atom is -1.00 e. The van der Waals surface area contributed by atoms with Gasteiger partial charge in [0.1, 0.15) is 17.5 Å². The number of nitrogens with one attached hydrogen (secondary N) is 2. The number of aromatic amines is 1. The first-order chi connectivity index (χ1) is 12.0. The van der Waals surface area contributed by atoms with Crippen LogP contribution in [0.25, 0.3) is 0 Å². The van der Waals surface area contributed by atoms with E-state index in [1.165, 1.54) is 0 Å². The third kappa shape index (κ3) is 3.28. The number of H-pyrrole nitrogens is 1. The second-order valence-corrected chi connectivity index (χ2v) is 8.51. The van der Waals surface area contributed by atoms with E-state index in [2.05, 4.69) is 25.9 Å². The fourth-order valence-electron chi connectivity index (χ4n) is 3.46. The van der Waals surface area contributed by atoms with Crippen LogP contribution in [0.3, 0.4) is 0 Å². The molecule has 10 heteroatoms. The molecule has 0 bridgehead atoms. The van der Waals surface area contributed by atoms with Gasteiger partial charge in [-0.3, -0.25) is 9.59 Å². The molecule has 2 aliphatic rings. The van der Waals surface area contributed by atoms with Crippen molar-refractivity contribution in [3.05, 3.63) is 41.7 Å². The van der Waals surface area contributed by atoms with E-state index in [1.54, 1.807) is 16.7 Å². The summed E-state index contributed by atoms with van der Waals surface area (Å²) < 4.78 is -0.261. The number of aromatic nitrogens is 4. The summed E-state index contributed by atoms with van der Waals surface area (Å²) in [5, 5.41) is 16.9. The van der Waals surface area contributed by atoms with E-state index >= 15 is 0 Å². The fourth-order valence-corrected chi connectivity index (χ4v) is 5.09. The van der Waals surface area contributed by atoms with Gasteiger partial charge in [-0.05, 0) is 19.4 Å². The van der Waals surface area contributed by atoms with Gasteiger partial charge >= 0.3 is 29.6 Å². The number of carbonyl (C=O) groups excluding carboxylic acids is 2. The SMILES string of the molecule is CC1(C)S[C@H]2C(NC(=O)Cc3ccccc3)C(=O)N2C1c1nn[nH]n1.[H-].[Na+]. The van der Waals surface area contributed by atoms with Gasteiger partial charge in [-0.2, -0.15) is 5.21 Å². The van der Waals surface area contributed by atoms with Gasteiger partial charge in [-0.1, -0.05) is 35.5 Å². The molecule has 0 spiro atoms. The molecule has 3 atom stereocenters. The summed E-state index contributed by atoms with van der Waals surface area (Å²) in [6.07, 6.45) is 0.264. The van der Waals surface area contributed by atoms with E-state index < -0.39 is 6.04 Å². The predicted octanol–water partition coefficient (Wildman–Crippen LogP) is -2.22. The Balaban J connectivity index is 0.00000131. The monoisotopic (exact) mass is 382 g/mol. The molecule has 0 radical (unpaired) electrons. The van der Waals surface area contributed by atoms with E-state index in [4.69, 9.17) is 0 Å². The Morgan fingerprint density at radius 3 is 2.77 bits per heavy atom. The van der Waals surface area contributed by atoms with Crippen molar-refractivity contribution in [2.24, 2.45) is 0 Å². The van der Waals surface area contributed by atoms with E-state index in [1.807, 2.05) is 44.2 Å². The molecule has 2 N–H and O–H groups in total. The molecule has 0 aliphatic carbocycles. The Labute approximate surface area is 178 Å². The van der Waals surface area contributed by atoms with Crippen LogP contribution < -0.4 is 34.9 Å². The van der Waals surface area contributed by atoms with Gasteiger partial charge in [0.15, 0.2) is 5.82 Å².